The topological polar surface area (TPSA) is 81.7 Å². The molecule has 3 N–H and O–H groups in total. The van der Waals surface area contributed by atoms with Crippen molar-refractivity contribution in [1.29, 1.82) is 0 Å². The third kappa shape index (κ3) is 3.87. The minimum Gasteiger partial charge on any atom is -0.480 e. The molecule has 0 saturated heterocycles. The van der Waals surface area contributed by atoms with Gasteiger partial charge in [-0.25, -0.2) is 9.59 Å². The van der Waals surface area contributed by atoms with Crippen LogP contribution in [0.25, 0.3) is 0 Å². The zero-order valence-corrected chi connectivity index (χ0v) is 11.3. The van der Waals surface area contributed by atoms with Gasteiger partial charge in [0.15, 0.2) is 0 Å². The highest BCUT2D eigenvalue weighted by Crippen LogP contribution is 2.39. The van der Waals surface area contributed by atoms with E-state index in [9.17, 15) is 14.7 Å². The van der Waals surface area contributed by atoms with Crippen LogP contribution in [0, 0.1) is 5.92 Å². The summed E-state index contributed by atoms with van der Waals surface area (Å²) in [5.41, 5.74) is -1.14. The van der Waals surface area contributed by atoms with E-state index in [-0.39, 0.29) is 5.92 Å². The maximum atomic E-state index is 11.7. The van der Waals surface area contributed by atoms with Gasteiger partial charge in [0.25, 0.3) is 0 Å². The van der Waals surface area contributed by atoms with Gasteiger partial charge in [0.05, 0.1) is 0 Å². The lowest BCUT2D eigenvalue weighted by molar-refractivity contribution is -0.144. The second kappa shape index (κ2) is 6.04. The van der Waals surface area contributed by atoms with Crippen molar-refractivity contribution in [3.8, 4) is 0 Å². The number of aliphatic carboxylic acids is 1. The Balaban J connectivity index is 2.36. The van der Waals surface area contributed by atoms with E-state index in [0.717, 1.165) is 25.9 Å². The fourth-order valence-electron chi connectivity index (χ4n) is 1.79. The number of carboxylic acids is 1. The third-order valence-electron chi connectivity index (χ3n) is 3.53. The molecule has 0 heterocycles. The first kappa shape index (κ1) is 14.8. The average Bonchev–Trinajstić information content (AvgIpc) is 3.12. The first-order valence-corrected chi connectivity index (χ1v) is 6.38. The minimum atomic E-state index is -1.14. The summed E-state index contributed by atoms with van der Waals surface area (Å²) in [5.74, 6) is -0.912. The molecule has 1 atom stereocenters. The van der Waals surface area contributed by atoms with Gasteiger partial charge < -0.3 is 20.6 Å². The summed E-state index contributed by atoms with van der Waals surface area (Å²) < 4.78 is 0. The van der Waals surface area contributed by atoms with E-state index in [0.29, 0.717) is 6.54 Å². The second-order valence-electron chi connectivity index (χ2n) is 5.06. The van der Waals surface area contributed by atoms with Crippen LogP contribution in [-0.2, 0) is 4.79 Å². The smallest absolute Gasteiger partial charge is 0.329 e. The van der Waals surface area contributed by atoms with Crippen LogP contribution in [0.5, 0.6) is 0 Å². The predicted molar refractivity (Wildman–Crippen MR) is 68.5 cm³/mol. The van der Waals surface area contributed by atoms with E-state index in [1.54, 1.807) is 6.92 Å². The normalized spacial score (nSPS) is 18.2. The van der Waals surface area contributed by atoms with Crippen molar-refractivity contribution in [3.05, 3.63) is 0 Å². The molecule has 0 radical (unpaired) electrons. The lowest BCUT2D eigenvalue weighted by Gasteiger charge is -2.26. The molecule has 2 amide bonds. The van der Waals surface area contributed by atoms with Gasteiger partial charge in [-0.05, 0) is 39.3 Å². The molecular formula is C12H23N3O3. The van der Waals surface area contributed by atoms with Crippen molar-refractivity contribution in [1.82, 2.24) is 15.5 Å². The zero-order chi connectivity index (χ0) is 13.8. The molecule has 6 nitrogen and oxygen atoms in total. The molecule has 0 spiro atoms. The number of nitrogens with one attached hydrogen (secondary N) is 2. The van der Waals surface area contributed by atoms with E-state index in [2.05, 4.69) is 15.5 Å². The molecule has 0 aromatic rings. The molecule has 0 bridgehead atoms. The minimum absolute atomic E-state index is 0.0547. The van der Waals surface area contributed by atoms with Gasteiger partial charge in [-0.3, -0.25) is 0 Å². The van der Waals surface area contributed by atoms with Crippen molar-refractivity contribution < 1.29 is 14.7 Å². The largest absolute Gasteiger partial charge is 0.480 e. The molecule has 1 aliphatic carbocycles. The number of carbonyl (C=O) groups is 2. The van der Waals surface area contributed by atoms with Crippen LogP contribution in [-0.4, -0.2) is 54.2 Å². The Hall–Kier alpha value is -1.30. The molecule has 0 aromatic heterocycles. The zero-order valence-electron chi connectivity index (χ0n) is 11.3. The van der Waals surface area contributed by atoms with Crippen LogP contribution in [0.15, 0.2) is 0 Å². The second-order valence-corrected chi connectivity index (χ2v) is 5.06. The van der Waals surface area contributed by atoms with Gasteiger partial charge in [0.1, 0.15) is 5.54 Å². The Labute approximate surface area is 108 Å². The van der Waals surface area contributed by atoms with Crippen LogP contribution in [0.2, 0.25) is 0 Å². The van der Waals surface area contributed by atoms with Crippen molar-refractivity contribution >= 4 is 12.0 Å². The highest BCUT2D eigenvalue weighted by atomic mass is 16.4. The molecule has 1 saturated carbocycles. The molecular weight excluding hydrogens is 234 g/mol. The average molecular weight is 257 g/mol. The monoisotopic (exact) mass is 257 g/mol. The number of carbonyl (C=O) groups excluding carboxylic acids is 1. The Morgan fingerprint density at radius 2 is 2.06 bits per heavy atom. The molecule has 1 rings (SSSR count). The lowest BCUT2D eigenvalue weighted by atomic mass is 9.96. The van der Waals surface area contributed by atoms with E-state index in [4.69, 9.17) is 0 Å². The molecule has 0 aromatic carbocycles. The van der Waals surface area contributed by atoms with Crippen LogP contribution >= 0.6 is 0 Å². The SMILES string of the molecule is CCN(C)CCNC(=O)NC(C)(C(=O)O)C1CC1. The predicted octanol–water partition coefficient (Wildman–Crippen LogP) is 0.491. The fraction of sp³-hybridized carbons (Fsp3) is 0.833. The first-order valence-electron chi connectivity index (χ1n) is 6.38. The molecule has 1 unspecified atom stereocenters. The lowest BCUT2D eigenvalue weighted by Crippen LogP contribution is -2.57. The van der Waals surface area contributed by atoms with Crippen molar-refractivity contribution in [2.75, 3.05) is 26.7 Å². The van der Waals surface area contributed by atoms with E-state index in [1.807, 2.05) is 14.0 Å². The summed E-state index contributed by atoms with van der Waals surface area (Å²) in [5, 5.41) is 14.5. The van der Waals surface area contributed by atoms with E-state index < -0.39 is 17.5 Å². The number of urea groups is 1. The van der Waals surface area contributed by atoms with Crippen molar-refractivity contribution in [2.24, 2.45) is 5.92 Å². The highest BCUT2D eigenvalue weighted by Gasteiger charge is 2.48. The summed E-state index contributed by atoms with van der Waals surface area (Å²) in [7, 11) is 1.96. The standard InChI is InChI=1S/C12H23N3O3/c1-4-15(3)8-7-13-11(18)14-12(2,10(16)17)9-5-6-9/h9H,4-8H2,1-3H3,(H,16,17)(H2,13,14,18). The van der Waals surface area contributed by atoms with Gasteiger partial charge in [0.2, 0.25) is 0 Å². The summed E-state index contributed by atoms with van der Waals surface area (Å²) in [4.78, 5) is 24.9. The van der Waals surface area contributed by atoms with E-state index >= 15 is 0 Å². The summed E-state index contributed by atoms with van der Waals surface area (Å²) in [6, 6.07) is -0.406. The van der Waals surface area contributed by atoms with Crippen LogP contribution in [0.1, 0.15) is 26.7 Å². The number of carboxylic acid groups (broad SMARTS) is 1. The van der Waals surface area contributed by atoms with Crippen molar-refractivity contribution in [3.63, 3.8) is 0 Å². The Morgan fingerprint density at radius 1 is 1.44 bits per heavy atom. The summed E-state index contributed by atoms with van der Waals surface area (Å²) >= 11 is 0. The molecule has 6 heteroatoms. The molecule has 1 aliphatic rings. The maximum Gasteiger partial charge on any atom is 0.329 e. The first-order chi connectivity index (χ1) is 8.40. The molecule has 1 fully saturated rings. The summed E-state index contributed by atoms with van der Waals surface area (Å²) in [6.45, 7) is 5.78. The van der Waals surface area contributed by atoms with Crippen LogP contribution < -0.4 is 10.6 Å². The quantitative estimate of drug-likeness (QED) is 0.620. The molecule has 104 valence electrons. The van der Waals surface area contributed by atoms with Gasteiger partial charge in [-0.2, -0.15) is 0 Å². The number of likely N-dealkylation sites (N-methyl/N-ethyl adjacent to an activating group) is 1. The fourth-order valence-corrected chi connectivity index (χ4v) is 1.79. The number of rotatable bonds is 7. The third-order valence-corrected chi connectivity index (χ3v) is 3.53. The van der Waals surface area contributed by atoms with Gasteiger partial charge in [-0.15, -0.1) is 0 Å². The Bertz CT molecular complexity index is 318. The van der Waals surface area contributed by atoms with Crippen LogP contribution in [0.3, 0.4) is 0 Å². The number of nitrogens with zero attached hydrogens (tertiary/aromatic N) is 1. The maximum absolute atomic E-state index is 11.7. The molecule has 0 aliphatic heterocycles. The van der Waals surface area contributed by atoms with Gasteiger partial charge in [-0.1, -0.05) is 6.92 Å². The number of amides is 2. The van der Waals surface area contributed by atoms with E-state index in [1.165, 1.54) is 0 Å². The number of hydrogen-bond donors (Lipinski definition) is 3. The van der Waals surface area contributed by atoms with Gasteiger partial charge >= 0.3 is 12.0 Å². The molecule has 18 heavy (non-hydrogen) atoms. The highest BCUT2D eigenvalue weighted by molar-refractivity contribution is 5.86. The van der Waals surface area contributed by atoms with Gasteiger partial charge in [0, 0.05) is 13.1 Å². The Kier molecular flexibility index (Phi) is 4.95. The van der Waals surface area contributed by atoms with Crippen molar-refractivity contribution in [2.45, 2.75) is 32.2 Å². The Morgan fingerprint density at radius 3 is 2.50 bits per heavy atom. The van der Waals surface area contributed by atoms with Crippen LogP contribution in [0.4, 0.5) is 4.79 Å². The summed E-state index contributed by atoms with van der Waals surface area (Å²) in [6.07, 6.45) is 1.73. The number of hydrogen-bond acceptors (Lipinski definition) is 3.